The normalized spacial score (nSPS) is 12.4. The quantitative estimate of drug-likeness (QED) is 0.737. The summed E-state index contributed by atoms with van der Waals surface area (Å²) in [7, 11) is 2.06. The third-order valence-electron chi connectivity index (χ3n) is 2.59. The van der Waals surface area contributed by atoms with Gasteiger partial charge in [0.25, 0.3) is 0 Å². The summed E-state index contributed by atoms with van der Waals surface area (Å²) in [6.07, 6.45) is 3.70. The summed E-state index contributed by atoms with van der Waals surface area (Å²) in [5.74, 6) is 1.20. The Bertz CT molecular complexity index is 329. The van der Waals surface area contributed by atoms with Crippen LogP contribution in [0, 0.1) is 0 Å². The van der Waals surface area contributed by atoms with E-state index in [0.29, 0.717) is 18.3 Å². The second-order valence-electron chi connectivity index (χ2n) is 5.18. The first-order valence-corrected chi connectivity index (χ1v) is 6.24. The minimum atomic E-state index is -0.539. The first-order chi connectivity index (χ1) is 7.93. The van der Waals surface area contributed by atoms with E-state index >= 15 is 0 Å². The van der Waals surface area contributed by atoms with Gasteiger partial charge in [0.05, 0.1) is 12.1 Å². The molecule has 0 atom stereocenters. The van der Waals surface area contributed by atoms with E-state index in [1.165, 1.54) is 19.3 Å². The summed E-state index contributed by atoms with van der Waals surface area (Å²) in [5.41, 5.74) is 5.36. The molecule has 0 fully saturated rings. The lowest BCUT2D eigenvalue weighted by Gasteiger charge is -2.13. The summed E-state index contributed by atoms with van der Waals surface area (Å²) >= 11 is 0. The Morgan fingerprint density at radius 3 is 2.59 bits per heavy atom. The molecule has 0 aliphatic heterocycles. The number of hydrogen-bond acceptors (Lipinski definition) is 5. The van der Waals surface area contributed by atoms with Crippen LogP contribution in [0.2, 0.25) is 0 Å². The van der Waals surface area contributed by atoms with E-state index in [1.54, 1.807) is 0 Å². The van der Waals surface area contributed by atoms with Gasteiger partial charge in [-0.15, -0.1) is 0 Å². The van der Waals surface area contributed by atoms with Gasteiger partial charge in [-0.25, -0.2) is 0 Å². The van der Waals surface area contributed by atoms with Crippen LogP contribution in [0.3, 0.4) is 0 Å². The fourth-order valence-corrected chi connectivity index (χ4v) is 1.52. The Labute approximate surface area is 103 Å². The molecule has 0 spiro atoms. The van der Waals surface area contributed by atoms with Crippen molar-refractivity contribution in [2.75, 3.05) is 13.6 Å². The molecule has 1 aromatic heterocycles. The van der Waals surface area contributed by atoms with Crippen LogP contribution in [0.5, 0.6) is 0 Å². The van der Waals surface area contributed by atoms with Crippen molar-refractivity contribution in [2.24, 2.45) is 5.73 Å². The van der Waals surface area contributed by atoms with Crippen molar-refractivity contribution in [3.05, 3.63) is 11.7 Å². The van der Waals surface area contributed by atoms with Crippen LogP contribution >= 0.6 is 0 Å². The molecule has 1 heterocycles. The van der Waals surface area contributed by atoms with E-state index in [4.69, 9.17) is 10.3 Å². The average molecular weight is 240 g/mol. The standard InChI is InChI=1S/C12H24N4O/c1-5-6-7-8-16(4)9-10-14-11(15-17-10)12(2,3)13/h5-9,13H2,1-4H3. The molecule has 0 radical (unpaired) electrons. The Morgan fingerprint density at radius 2 is 2.06 bits per heavy atom. The molecule has 5 nitrogen and oxygen atoms in total. The molecule has 0 saturated heterocycles. The molecule has 2 N–H and O–H groups in total. The van der Waals surface area contributed by atoms with Gasteiger partial charge in [0, 0.05) is 0 Å². The van der Waals surface area contributed by atoms with Gasteiger partial charge in [0.1, 0.15) is 0 Å². The third kappa shape index (κ3) is 4.83. The molecular formula is C12H24N4O. The highest BCUT2D eigenvalue weighted by Gasteiger charge is 2.21. The lowest BCUT2D eigenvalue weighted by molar-refractivity contribution is 0.261. The van der Waals surface area contributed by atoms with Crippen molar-refractivity contribution in [2.45, 2.75) is 52.1 Å². The van der Waals surface area contributed by atoms with Gasteiger partial charge in [-0.3, -0.25) is 4.90 Å². The fraction of sp³-hybridized carbons (Fsp3) is 0.833. The largest absolute Gasteiger partial charge is 0.338 e. The molecule has 17 heavy (non-hydrogen) atoms. The molecule has 5 heteroatoms. The van der Waals surface area contributed by atoms with Crippen LogP contribution in [0.15, 0.2) is 4.52 Å². The maximum Gasteiger partial charge on any atom is 0.240 e. The summed E-state index contributed by atoms with van der Waals surface area (Å²) in [6, 6.07) is 0. The molecule has 0 unspecified atom stereocenters. The SMILES string of the molecule is CCCCCN(C)Cc1nc(C(C)(C)N)no1. The van der Waals surface area contributed by atoms with E-state index in [9.17, 15) is 0 Å². The number of nitrogens with zero attached hydrogens (tertiary/aromatic N) is 3. The van der Waals surface area contributed by atoms with E-state index < -0.39 is 5.54 Å². The van der Waals surface area contributed by atoms with Crippen molar-refractivity contribution in [1.29, 1.82) is 0 Å². The molecule has 0 saturated carbocycles. The van der Waals surface area contributed by atoms with Gasteiger partial charge in [-0.2, -0.15) is 4.98 Å². The monoisotopic (exact) mass is 240 g/mol. The summed E-state index contributed by atoms with van der Waals surface area (Å²) in [6.45, 7) is 7.68. The summed E-state index contributed by atoms with van der Waals surface area (Å²) in [4.78, 5) is 6.50. The Kier molecular flexibility index (Phi) is 5.08. The highest BCUT2D eigenvalue weighted by Crippen LogP contribution is 2.13. The number of nitrogens with two attached hydrogens (primary N) is 1. The second kappa shape index (κ2) is 6.12. The second-order valence-corrected chi connectivity index (χ2v) is 5.18. The van der Waals surface area contributed by atoms with E-state index in [2.05, 4.69) is 29.0 Å². The van der Waals surface area contributed by atoms with Crippen molar-refractivity contribution in [1.82, 2.24) is 15.0 Å². The Morgan fingerprint density at radius 1 is 1.35 bits per heavy atom. The summed E-state index contributed by atoms with van der Waals surface area (Å²) < 4.78 is 5.19. The van der Waals surface area contributed by atoms with Gasteiger partial charge in [0.2, 0.25) is 5.89 Å². The number of rotatable bonds is 7. The Hall–Kier alpha value is -0.940. The lowest BCUT2D eigenvalue weighted by atomic mass is 10.1. The molecule has 1 rings (SSSR count). The molecule has 98 valence electrons. The van der Waals surface area contributed by atoms with Gasteiger partial charge in [-0.1, -0.05) is 24.9 Å². The zero-order valence-corrected chi connectivity index (χ0v) is 11.4. The lowest BCUT2D eigenvalue weighted by Crippen LogP contribution is -2.30. The number of hydrogen-bond donors (Lipinski definition) is 1. The van der Waals surface area contributed by atoms with Crippen LogP contribution in [-0.2, 0) is 12.1 Å². The highest BCUT2D eigenvalue weighted by molar-refractivity contribution is 4.98. The highest BCUT2D eigenvalue weighted by atomic mass is 16.5. The predicted molar refractivity (Wildman–Crippen MR) is 67.4 cm³/mol. The summed E-state index contributed by atoms with van der Waals surface area (Å²) in [5, 5.41) is 3.90. The minimum absolute atomic E-state index is 0.539. The van der Waals surface area contributed by atoms with Gasteiger partial charge < -0.3 is 10.3 Å². The first kappa shape index (κ1) is 14.1. The Balaban J connectivity index is 2.43. The topological polar surface area (TPSA) is 68.2 Å². The molecule has 0 aliphatic carbocycles. The molecule has 0 amide bonds. The van der Waals surface area contributed by atoms with Gasteiger partial charge in [0.15, 0.2) is 5.82 Å². The van der Waals surface area contributed by atoms with Crippen molar-refractivity contribution >= 4 is 0 Å². The van der Waals surface area contributed by atoms with E-state index in [-0.39, 0.29) is 0 Å². The number of aromatic nitrogens is 2. The van der Waals surface area contributed by atoms with Crippen LogP contribution in [0.25, 0.3) is 0 Å². The maximum absolute atomic E-state index is 5.90. The predicted octanol–water partition coefficient (Wildman–Crippen LogP) is 1.89. The number of unbranched alkanes of at least 4 members (excludes halogenated alkanes) is 2. The molecule has 0 bridgehead atoms. The van der Waals surface area contributed by atoms with Crippen LogP contribution in [0.1, 0.15) is 51.7 Å². The third-order valence-corrected chi connectivity index (χ3v) is 2.59. The smallest absolute Gasteiger partial charge is 0.240 e. The van der Waals surface area contributed by atoms with Gasteiger partial charge >= 0.3 is 0 Å². The van der Waals surface area contributed by atoms with Crippen LogP contribution in [0.4, 0.5) is 0 Å². The maximum atomic E-state index is 5.90. The first-order valence-electron chi connectivity index (χ1n) is 6.24. The zero-order chi connectivity index (χ0) is 12.9. The van der Waals surface area contributed by atoms with Crippen LogP contribution < -0.4 is 5.73 Å². The minimum Gasteiger partial charge on any atom is -0.338 e. The fourth-order valence-electron chi connectivity index (χ4n) is 1.52. The average Bonchev–Trinajstić information content (AvgIpc) is 2.66. The van der Waals surface area contributed by atoms with Crippen molar-refractivity contribution < 1.29 is 4.52 Å². The van der Waals surface area contributed by atoms with E-state index in [0.717, 1.165) is 6.54 Å². The van der Waals surface area contributed by atoms with Crippen molar-refractivity contribution in [3.8, 4) is 0 Å². The van der Waals surface area contributed by atoms with Crippen LogP contribution in [-0.4, -0.2) is 28.6 Å². The molecule has 0 aromatic carbocycles. The van der Waals surface area contributed by atoms with Gasteiger partial charge in [-0.05, 0) is 33.9 Å². The molecular weight excluding hydrogens is 216 g/mol. The molecule has 1 aromatic rings. The zero-order valence-electron chi connectivity index (χ0n) is 11.4. The van der Waals surface area contributed by atoms with Crippen molar-refractivity contribution in [3.63, 3.8) is 0 Å². The van der Waals surface area contributed by atoms with E-state index in [1.807, 2.05) is 13.8 Å². The molecule has 0 aliphatic rings.